The van der Waals surface area contributed by atoms with Gasteiger partial charge in [-0.3, -0.25) is 14.4 Å². The van der Waals surface area contributed by atoms with Crippen molar-refractivity contribution in [3.63, 3.8) is 0 Å². The van der Waals surface area contributed by atoms with Gasteiger partial charge in [0.15, 0.2) is 0 Å². The van der Waals surface area contributed by atoms with Crippen molar-refractivity contribution in [3.8, 4) is 0 Å². The quantitative estimate of drug-likeness (QED) is 0.180. The van der Waals surface area contributed by atoms with E-state index in [1.807, 2.05) is 91.0 Å². The molecule has 0 aromatic heterocycles. The summed E-state index contributed by atoms with van der Waals surface area (Å²) in [5.74, 6) is -1.42. The minimum atomic E-state index is -1.04. The number of rotatable bonds is 12. The number of fused-ring (bicyclic) bond motifs is 1. The van der Waals surface area contributed by atoms with Crippen LogP contribution >= 0.6 is 0 Å². The number of hydrazone groups is 1. The summed E-state index contributed by atoms with van der Waals surface area (Å²) < 4.78 is 5.79. The number of benzene rings is 4. The Labute approximate surface area is 239 Å². The molecule has 210 valence electrons. The monoisotopic (exact) mass is 550 g/mol. The van der Waals surface area contributed by atoms with Crippen LogP contribution in [0, 0.1) is 0 Å². The highest BCUT2D eigenvalue weighted by Gasteiger charge is 2.28. The number of nitrogens with zero attached hydrogens (tertiary/aromatic N) is 1. The maximum absolute atomic E-state index is 13.6. The topological polar surface area (TPSA) is 109 Å². The van der Waals surface area contributed by atoms with Gasteiger partial charge >= 0.3 is 0 Å². The number of carbonyl (C=O) groups excluding carboxylic acids is 3. The average Bonchev–Trinajstić information content (AvgIpc) is 2.99. The SMILES string of the molecule is CC(C)=NNC(=O)C(COCc1ccccc1)NC(=O)C(Cc1ccccc1)NC(=O)c1ccc2ccccc2c1. The molecule has 2 unspecified atom stereocenters. The number of nitrogens with one attached hydrogen (secondary N) is 3. The first-order chi connectivity index (χ1) is 19.9. The van der Waals surface area contributed by atoms with Crippen molar-refractivity contribution in [2.75, 3.05) is 6.61 Å². The number of hydrogen-bond donors (Lipinski definition) is 3. The summed E-state index contributed by atoms with van der Waals surface area (Å²) in [7, 11) is 0. The second-order valence-corrected chi connectivity index (χ2v) is 9.87. The van der Waals surface area contributed by atoms with Gasteiger partial charge in [0.2, 0.25) is 5.91 Å². The third-order valence-electron chi connectivity index (χ3n) is 6.33. The number of amides is 3. The van der Waals surface area contributed by atoms with E-state index < -0.39 is 23.9 Å². The van der Waals surface area contributed by atoms with Crippen molar-refractivity contribution in [3.05, 3.63) is 120 Å². The first kappa shape index (κ1) is 29.2. The summed E-state index contributed by atoms with van der Waals surface area (Å²) in [4.78, 5) is 39.9. The average molecular weight is 551 g/mol. The third-order valence-corrected chi connectivity index (χ3v) is 6.33. The molecule has 3 amide bonds. The molecule has 8 nitrogen and oxygen atoms in total. The van der Waals surface area contributed by atoms with Crippen LogP contribution in [-0.4, -0.2) is 42.1 Å². The van der Waals surface area contributed by atoms with Crippen molar-refractivity contribution in [1.29, 1.82) is 0 Å². The first-order valence-electron chi connectivity index (χ1n) is 13.5. The van der Waals surface area contributed by atoms with E-state index in [9.17, 15) is 14.4 Å². The van der Waals surface area contributed by atoms with Crippen molar-refractivity contribution in [2.24, 2.45) is 5.10 Å². The van der Waals surface area contributed by atoms with Crippen molar-refractivity contribution < 1.29 is 19.1 Å². The summed E-state index contributed by atoms with van der Waals surface area (Å²) in [6.07, 6.45) is 0.234. The van der Waals surface area contributed by atoms with Gasteiger partial charge in [0, 0.05) is 17.7 Å². The Hall–Kier alpha value is -4.82. The molecule has 0 bridgehead atoms. The molecule has 0 fully saturated rings. The van der Waals surface area contributed by atoms with E-state index in [1.54, 1.807) is 26.0 Å². The first-order valence-corrected chi connectivity index (χ1v) is 13.5. The molecule has 0 aliphatic rings. The minimum absolute atomic E-state index is 0.0819. The van der Waals surface area contributed by atoms with Gasteiger partial charge < -0.3 is 15.4 Å². The van der Waals surface area contributed by atoms with Crippen LogP contribution in [0.4, 0.5) is 0 Å². The Morgan fingerprint density at radius 3 is 2.02 bits per heavy atom. The molecule has 0 spiro atoms. The van der Waals surface area contributed by atoms with Crippen LogP contribution in [0.2, 0.25) is 0 Å². The molecule has 41 heavy (non-hydrogen) atoms. The van der Waals surface area contributed by atoms with Gasteiger partial charge in [0.05, 0.1) is 13.2 Å². The summed E-state index contributed by atoms with van der Waals surface area (Å²) in [5.41, 5.74) is 5.36. The van der Waals surface area contributed by atoms with Gasteiger partial charge in [0.1, 0.15) is 12.1 Å². The molecule has 0 radical (unpaired) electrons. The van der Waals surface area contributed by atoms with E-state index in [0.717, 1.165) is 21.9 Å². The van der Waals surface area contributed by atoms with Crippen LogP contribution in [0.5, 0.6) is 0 Å². The van der Waals surface area contributed by atoms with Crippen LogP contribution in [0.25, 0.3) is 10.8 Å². The van der Waals surface area contributed by atoms with Crippen LogP contribution in [-0.2, 0) is 27.4 Å². The fraction of sp³-hybridized carbons (Fsp3) is 0.212. The molecular formula is C33H34N4O4. The van der Waals surface area contributed by atoms with Gasteiger partial charge in [-0.05, 0) is 47.9 Å². The Balaban J connectivity index is 1.51. The summed E-state index contributed by atoms with van der Waals surface area (Å²) in [5, 5.41) is 11.6. The standard InChI is InChI=1S/C33H34N4O4/c1-23(2)36-37-33(40)30(22-41-21-25-13-7-4-8-14-25)35-32(39)29(19-24-11-5-3-6-12-24)34-31(38)28-18-17-26-15-9-10-16-27(26)20-28/h3-18,20,29-30H,19,21-22H2,1-2H3,(H,34,38)(H,35,39)(H,37,40). The molecule has 0 saturated carbocycles. The van der Waals surface area contributed by atoms with E-state index in [4.69, 9.17) is 4.74 Å². The van der Waals surface area contributed by atoms with Gasteiger partial charge in [-0.1, -0.05) is 91.0 Å². The van der Waals surface area contributed by atoms with Crippen LogP contribution in [0.15, 0.2) is 108 Å². The predicted molar refractivity (Wildman–Crippen MR) is 160 cm³/mol. The molecule has 4 aromatic rings. The van der Waals surface area contributed by atoms with Gasteiger partial charge in [-0.2, -0.15) is 5.10 Å². The molecule has 3 N–H and O–H groups in total. The van der Waals surface area contributed by atoms with Crippen LogP contribution < -0.4 is 16.1 Å². The molecule has 0 aliphatic heterocycles. The molecule has 0 saturated heterocycles. The minimum Gasteiger partial charge on any atom is -0.374 e. The van der Waals surface area contributed by atoms with E-state index in [-0.39, 0.29) is 25.5 Å². The lowest BCUT2D eigenvalue weighted by molar-refractivity contribution is -0.131. The lowest BCUT2D eigenvalue weighted by Crippen LogP contribution is -2.55. The second kappa shape index (κ2) is 14.5. The fourth-order valence-electron chi connectivity index (χ4n) is 4.20. The molecule has 4 rings (SSSR count). The molecule has 0 aliphatic carbocycles. The number of carbonyl (C=O) groups is 3. The lowest BCUT2D eigenvalue weighted by Gasteiger charge is -2.23. The van der Waals surface area contributed by atoms with Gasteiger partial charge in [0.25, 0.3) is 11.8 Å². The lowest BCUT2D eigenvalue weighted by atomic mass is 10.0. The smallest absolute Gasteiger partial charge is 0.265 e. The highest BCUT2D eigenvalue weighted by Crippen LogP contribution is 2.16. The highest BCUT2D eigenvalue weighted by molar-refractivity contribution is 6.01. The third kappa shape index (κ3) is 8.84. The maximum atomic E-state index is 13.6. The Bertz CT molecular complexity index is 1500. The zero-order chi connectivity index (χ0) is 29.0. The normalized spacial score (nSPS) is 12.1. The molecule has 8 heteroatoms. The molecule has 4 aromatic carbocycles. The summed E-state index contributed by atoms with van der Waals surface area (Å²) >= 11 is 0. The number of hydrogen-bond acceptors (Lipinski definition) is 5. The van der Waals surface area contributed by atoms with Crippen molar-refractivity contribution in [1.82, 2.24) is 16.1 Å². The zero-order valence-corrected chi connectivity index (χ0v) is 23.2. The maximum Gasteiger partial charge on any atom is 0.265 e. The van der Waals surface area contributed by atoms with Crippen LogP contribution in [0.1, 0.15) is 35.3 Å². The second-order valence-electron chi connectivity index (χ2n) is 9.87. The number of ether oxygens (including phenoxy) is 1. The van der Waals surface area contributed by atoms with E-state index in [0.29, 0.717) is 11.3 Å². The van der Waals surface area contributed by atoms with E-state index in [1.165, 1.54) is 0 Å². The van der Waals surface area contributed by atoms with Gasteiger partial charge in [-0.15, -0.1) is 0 Å². The van der Waals surface area contributed by atoms with E-state index in [2.05, 4.69) is 21.2 Å². The van der Waals surface area contributed by atoms with Crippen molar-refractivity contribution in [2.45, 2.75) is 39.0 Å². The molecular weight excluding hydrogens is 516 g/mol. The zero-order valence-electron chi connectivity index (χ0n) is 23.2. The Morgan fingerprint density at radius 1 is 0.707 bits per heavy atom. The highest BCUT2D eigenvalue weighted by atomic mass is 16.5. The molecule has 2 atom stereocenters. The predicted octanol–water partition coefficient (Wildman–Crippen LogP) is 4.39. The fourth-order valence-corrected chi connectivity index (χ4v) is 4.20. The van der Waals surface area contributed by atoms with Crippen LogP contribution in [0.3, 0.4) is 0 Å². The molecule has 0 heterocycles. The summed E-state index contributed by atoms with van der Waals surface area (Å²) in [6, 6.07) is 30.1. The van der Waals surface area contributed by atoms with E-state index >= 15 is 0 Å². The largest absolute Gasteiger partial charge is 0.374 e. The Morgan fingerprint density at radius 2 is 1.34 bits per heavy atom. The Kier molecular flexibility index (Phi) is 10.3. The van der Waals surface area contributed by atoms with Gasteiger partial charge in [-0.25, -0.2) is 5.43 Å². The summed E-state index contributed by atoms with van der Waals surface area (Å²) in [6.45, 7) is 3.68. The van der Waals surface area contributed by atoms with Crippen molar-refractivity contribution >= 4 is 34.2 Å².